The molecule has 1 heterocycles. The van der Waals surface area contributed by atoms with Gasteiger partial charge in [-0.2, -0.15) is 0 Å². The molecule has 0 unspecified atom stereocenters. The van der Waals surface area contributed by atoms with Crippen LogP contribution in [0.4, 0.5) is 20.7 Å². The lowest BCUT2D eigenvalue weighted by molar-refractivity contribution is 0.159. The summed E-state index contributed by atoms with van der Waals surface area (Å²) in [5.74, 6) is -0.686. The van der Waals surface area contributed by atoms with Gasteiger partial charge in [0, 0.05) is 0 Å². The topological polar surface area (TPSA) is 94.0 Å². The van der Waals surface area contributed by atoms with Crippen LogP contribution < -0.4 is 9.64 Å². The zero-order chi connectivity index (χ0) is 21.4. The lowest BCUT2D eigenvalue weighted by Crippen LogP contribution is -2.32. The highest BCUT2D eigenvalue weighted by molar-refractivity contribution is 7.98. The molecule has 0 aliphatic carbocycles. The number of nitroso groups, excluding NO2 is 1. The van der Waals surface area contributed by atoms with Crippen molar-refractivity contribution in [3.05, 3.63) is 52.3 Å². The third-order valence-electron chi connectivity index (χ3n) is 3.51. The lowest BCUT2D eigenvalue weighted by Gasteiger charge is -2.22. The molecule has 0 saturated heterocycles. The Morgan fingerprint density at radius 3 is 2.83 bits per heavy atom. The third-order valence-corrected chi connectivity index (χ3v) is 4.32. The first-order chi connectivity index (χ1) is 13.9. The van der Waals surface area contributed by atoms with Gasteiger partial charge in [0.25, 0.3) is 0 Å². The quantitative estimate of drug-likeness (QED) is 0.176. The highest BCUT2D eigenvalue weighted by atomic mass is 35.5. The number of benzene rings is 1. The molecule has 0 atom stereocenters. The number of hydrogen-bond donors (Lipinski definition) is 0. The van der Waals surface area contributed by atoms with Crippen LogP contribution in [0.3, 0.4) is 0 Å². The molecule has 0 spiro atoms. The predicted octanol–water partition coefficient (Wildman–Crippen LogP) is 5.12. The van der Waals surface area contributed by atoms with Gasteiger partial charge in [-0.1, -0.05) is 42.1 Å². The number of carbonyl (C=O) groups excluding carboxylic acids is 1. The molecule has 0 fully saturated rings. The van der Waals surface area contributed by atoms with Gasteiger partial charge in [0.15, 0.2) is 33.4 Å². The zero-order valence-corrected chi connectivity index (χ0v) is 17.3. The molecule has 1 amide bonds. The summed E-state index contributed by atoms with van der Waals surface area (Å²) in [4.78, 5) is 33.1. The molecular weight excluding hydrogens is 423 g/mol. The van der Waals surface area contributed by atoms with Crippen molar-refractivity contribution < 1.29 is 18.7 Å². The summed E-state index contributed by atoms with van der Waals surface area (Å²) in [5.41, 5.74) is 0.193. The normalized spacial score (nSPS) is 10.3. The first-order valence-corrected chi connectivity index (χ1v) is 9.96. The summed E-state index contributed by atoms with van der Waals surface area (Å²) >= 11 is 7.20. The van der Waals surface area contributed by atoms with Crippen LogP contribution in [0.5, 0.6) is 5.75 Å². The minimum atomic E-state index is -0.780. The van der Waals surface area contributed by atoms with Crippen LogP contribution in [0, 0.1) is 10.7 Å². The molecule has 0 aliphatic heterocycles. The number of ether oxygens (including phenoxy) is 2. The molecule has 8 nitrogen and oxygen atoms in total. The van der Waals surface area contributed by atoms with Crippen molar-refractivity contribution in [3.8, 4) is 5.75 Å². The van der Waals surface area contributed by atoms with Gasteiger partial charge in [0.2, 0.25) is 0 Å². The van der Waals surface area contributed by atoms with Gasteiger partial charge in [0.05, 0.1) is 13.2 Å². The summed E-state index contributed by atoms with van der Waals surface area (Å²) in [7, 11) is 0. The van der Waals surface area contributed by atoms with Crippen molar-refractivity contribution in [1.29, 1.82) is 0 Å². The van der Waals surface area contributed by atoms with Gasteiger partial charge in [-0.15, -0.1) is 4.91 Å². The largest absolute Gasteiger partial charge is 0.486 e. The average molecular weight is 441 g/mol. The highest BCUT2D eigenvalue weighted by Crippen LogP contribution is 2.36. The third kappa shape index (κ3) is 5.64. The monoisotopic (exact) mass is 440 g/mol. The van der Waals surface area contributed by atoms with Crippen LogP contribution in [0.25, 0.3) is 0 Å². The second-order valence-electron chi connectivity index (χ2n) is 5.41. The fourth-order valence-corrected chi connectivity index (χ4v) is 2.88. The van der Waals surface area contributed by atoms with Crippen molar-refractivity contribution in [3.63, 3.8) is 0 Å². The minimum absolute atomic E-state index is 0.00883. The Balaban J connectivity index is 2.50. The van der Waals surface area contributed by atoms with E-state index in [2.05, 4.69) is 21.7 Å². The Hall–Kier alpha value is -2.72. The van der Waals surface area contributed by atoms with Gasteiger partial charge in [-0.3, -0.25) is 4.90 Å². The fourth-order valence-electron chi connectivity index (χ4n) is 2.27. The highest BCUT2D eigenvalue weighted by Gasteiger charge is 2.26. The number of anilines is 1. The van der Waals surface area contributed by atoms with Gasteiger partial charge >= 0.3 is 6.09 Å². The second-order valence-corrected chi connectivity index (χ2v) is 6.55. The maximum Gasteiger partial charge on any atom is 0.415 e. The Morgan fingerprint density at radius 2 is 2.21 bits per heavy atom. The van der Waals surface area contributed by atoms with Crippen LogP contribution >= 0.6 is 23.4 Å². The van der Waals surface area contributed by atoms with Crippen molar-refractivity contribution in [2.75, 3.05) is 24.4 Å². The number of hydrogen-bond acceptors (Lipinski definition) is 8. The minimum Gasteiger partial charge on any atom is -0.486 e. The molecule has 0 radical (unpaired) electrons. The zero-order valence-electron chi connectivity index (χ0n) is 15.7. The molecule has 11 heteroatoms. The van der Waals surface area contributed by atoms with Crippen LogP contribution in [-0.2, 0) is 11.3 Å². The summed E-state index contributed by atoms with van der Waals surface area (Å²) in [6.45, 7) is 5.25. The Bertz CT molecular complexity index is 916. The average Bonchev–Trinajstić information content (AvgIpc) is 2.71. The smallest absolute Gasteiger partial charge is 0.415 e. The van der Waals surface area contributed by atoms with Gasteiger partial charge in [0.1, 0.15) is 6.61 Å². The van der Waals surface area contributed by atoms with Gasteiger partial charge in [-0.25, -0.2) is 19.2 Å². The number of halogens is 2. The molecule has 1 aromatic heterocycles. The van der Waals surface area contributed by atoms with E-state index in [0.717, 1.165) is 4.90 Å². The molecule has 2 aromatic rings. The second kappa shape index (κ2) is 10.7. The molecule has 0 bridgehead atoms. The van der Waals surface area contributed by atoms with E-state index in [4.69, 9.17) is 21.1 Å². The van der Waals surface area contributed by atoms with Crippen LogP contribution in [-0.4, -0.2) is 35.5 Å². The molecule has 0 N–H and O–H groups in total. The van der Waals surface area contributed by atoms with E-state index in [-0.39, 0.29) is 47.3 Å². The van der Waals surface area contributed by atoms with E-state index >= 15 is 0 Å². The molecule has 1 aromatic carbocycles. The molecule has 29 heavy (non-hydrogen) atoms. The molecule has 154 valence electrons. The van der Waals surface area contributed by atoms with Crippen molar-refractivity contribution in [1.82, 2.24) is 9.97 Å². The van der Waals surface area contributed by atoms with Gasteiger partial charge < -0.3 is 9.47 Å². The van der Waals surface area contributed by atoms with Crippen LogP contribution in [0.15, 0.2) is 41.2 Å². The first kappa shape index (κ1) is 22.6. The lowest BCUT2D eigenvalue weighted by atomic mass is 10.2. The SMILES string of the molecule is C=CCOc1cc(CN(C(=O)OCC)c2nc(SC)nc(Cl)c2N=O)ccc1F. The predicted molar refractivity (Wildman–Crippen MR) is 110 cm³/mol. The molecule has 0 aliphatic rings. The first-order valence-electron chi connectivity index (χ1n) is 8.36. The number of rotatable bonds is 9. The van der Waals surface area contributed by atoms with E-state index in [1.807, 2.05) is 0 Å². The summed E-state index contributed by atoms with van der Waals surface area (Å²) < 4.78 is 24.3. The number of aromatic nitrogens is 2. The van der Waals surface area contributed by atoms with Crippen molar-refractivity contribution >= 4 is 41.0 Å². The number of nitrogens with zero attached hydrogens (tertiary/aromatic N) is 4. The Kier molecular flexibility index (Phi) is 8.34. The van der Waals surface area contributed by atoms with Gasteiger partial charge in [-0.05, 0) is 36.1 Å². The summed E-state index contributed by atoms with van der Waals surface area (Å²) in [6.07, 6.45) is 2.41. The van der Waals surface area contributed by atoms with E-state index < -0.39 is 11.9 Å². The molecule has 2 rings (SSSR count). The number of thioether (sulfide) groups is 1. The number of amides is 1. The van der Waals surface area contributed by atoms with Crippen molar-refractivity contribution in [2.24, 2.45) is 5.18 Å². The Labute approximate surface area is 176 Å². The maximum absolute atomic E-state index is 13.9. The standard InChI is InChI=1S/C18H18ClFN4O4S/c1-4-8-28-13-9-11(6-7-12(13)20)10-24(18(25)27-5-2)16-14(23-26)15(19)21-17(22-16)29-3/h4,6-7,9H,1,5,8,10H2,2-3H3. The molecular formula is C18H18ClFN4O4S. The molecule has 0 saturated carbocycles. The fraction of sp³-hybridized carbons (Fsp3) is 0.278. The van der Waals surface area contributed by atoms with E-state index in [1.165, 1.54) is 36.0 Å². The summed E-state index contributed by atoms with van der Waals surface area (Å²) in [6, 6.07) is 4.10. The number of carbonyl (C=O) groups is 1. The van der Waals surface area contributed by atoms with Crippen molar-refractivity contribution in [2.45, 2.75) is 18.6 Å². The van der Waals surface area contributed by atoms with E-state index in [1.54, 1.807) is 13.2 Å². The van der Waals surface area contributed by atoms with Crippen LogP contribution in [0.1, 0.15) is 12.5 Å². The maximum atomic E-state index is 13.9. The van der Waals surface area contributed by atoms with E-state index in [0.29, 0.717) is 5.56 Å². The van der Waals surface area contributed by atoms with E-state index in [9.17, 15) is 14.1 Å². The summed E-state index contributed by atoms with van der Waals surface area (Å²) in [5, 5.41) is 2.90. The Morgan fingerprint density at radius 1 is 1.45 bits per heavy atom. The van der Waals surface area contributed by atoms with Crippen LogP contribution in [0.2, 0.25) is 5.15 Å².